The molecule has 0 fully saturated rings. The second-order valence-corrected chi connectivity index (χ2v) is 17.4. The molecule has 0 heterocycles. The van der Waals surface area contributed by atoms with E-state index in [0.717, 1.165) is 89.9 Å². The van der Waals surface area contributed by atoms with Crippen molar-refractivity contribution in [1.82, 2.24) is 0 Å². The van der Waals surface area contributed by atoms with E-state index in [1.54, 1.807) is 0 Å². The Morgan fingerprint density at radius 1 is 0.355 bits per heavy atom. The third kappa shape index (κ3) is 50.0. The topological polar surface area (TPSA) is 61.8 Å². The van der Waals surface area contributed by atoms with Gasteiger partial charge in [0, 0.05) is 19.4 Å². The molecule has 5 heteroatoms. The van der Waals surface area contributed by atoms with E-state index in [1.165, 1.54) is 128 Å². The van der Waals surface area contributed by atoms with Gasteiger partial charge in [0.1, 0.15) is 6.61 Å². The normalized spacial score (nSPS) is 12.8. The first-order valence-corrected chi connectivity index (χ1v) is 26.5. The van der Waals surface area contributed by atoms with E-state index in [4.69, 9.17) is 14.2 Å². The lowest BCUT2D eigenvalue weighted by molar-refractivity contribution is -0.163. The van der Waals surface area contributed by atoms with Gasteiger partial charge in [0.15, 0.2) is 6.10 Å². The number of rotatable bonds is 48. The molecule has 0 saturated carbocycles. The van der Waals surface area contributed by atoms with E-state index >= 15 is 0 Å². The lowest BCUT2D eigenvalue weighted by Crippen LogP contribution is -2.30. The van der Waals surface area contributed by atoms with Crippen molar-refractivity contribution < 1.29 is 23.8 Å². The van der Waals surface area contributed by atoms with Crippen LogP contribution in [0.4, 0.5) is 0 Å². The van der Waals surface area contributed by atoms with Gasteiger partial charge in [-0.2, -0.15) is 0 Å². The molecule has 0 aliphatic heterocycles. The maximum Gasteiger partial charge on any atom is 0.306 e. The van der Waals surface area contributed by atoms with Crippen molar-refractivity contribution in [3.8, 4) is 0 Å². The minimum atomic E-state index is -0.552. The Bertz CT molecular complexity index is 1110. The molecule has 62 heavy (non-hydrogen) atoms. The van der Waals surface area contributed by atoms with E-state index < -0.39 is 6.10 Å². The molecule has 0 aromatic rings. The highest BCUT2D eigenvalue weighted by Gasteiger charge is 2.17. The van der Waals surface area contributed by atoms with Crippen LogP contribution in [0, 0.1) is 0 Å². The molecular formula is C57H100O5. The predicted octanol–water partition coefficient (Wildman–Crippen LogP) is 17.9. The highest BCUT2D eigenvalue weighted by Crippen LogP contribution is 2.14. The molecule has 0 aliphatic carbocycles. The summed E-state index contributed by atoms with van der Waals surface area (Å²) in [6.45, 7) is 7.65. The molecule has 1 unspecified atom stereocenters. The lowest BCUT2D eigenvalue weighted by atomic mass is 10.1. The third-order valence-corrected chi connectivity index (χ3v) is 11.1. The Morgan fingerprint density at radius 3 is 1.13 bits per heavy atom. The number of unbranched alkanes of at least 4 members (excludes halogenated alkanes) is 25. The van der Waals surface area contributed by atoms with Gasteiger partial charge in [-0.3, -0.25) is 9.59 Å². The number of ether oxygens (including phenoxy) is 3. The molecule has 0 spiro atoms. The molecule has 0 bridgehead atoms. The minimum Gasteiger partial charge on any atom is -0.462 e. The number of hydrogen-bond acceptors (Lipinski definition) is 5. The summed E-state index contributed by atoms with van der Waals surface area (Å²) in [5.41, 5.74) is 0. The van der Waals surface area contributed by atoms with Crippen LogP contribution in [-0.4, -0.2) is 37.9 Å². The average molecular weight is 865 g/mol. The summed E-state index contributed by atoms with van der Waals surface area (Å²) >= 11 is 0. The van der Waals surface area contributed by atoms with Gasteiger partial charge in [-0.1, -0.05) is 209 Å². The summed E-state index contributed by atoms with van der Waals surface area (Å²) in [5.74, 6) is -0.429. The van der Waals surface area contributed by atoms with Crippen molar-refractivity contribution in [2.75, 3.05) is 19.8 Å². The second kappa shape index (κ2) is 52.7. The molecule has 0 aromatic carbocycles. The average Bonchev–Trinajstić information content (AvgIpc) is 3.27. The zero-order valence-electron chi connectivity index (χ0n) is 41.1. The molecule has 0 rings (SSSR count). The summed E-state index contributed by atoms with van der Waals surface area (Å²) in [4.78, 5) is 25.4. The van der Waals surface area contributed by atoms with Crippen LogP contribution in [0.25, 0.3) is 0 Å². The van der Waals surface area contributed by atoms with Gasteiger partial charge in [-0.15, -0.1) is 0 Å². The lowest BCUT2D eigenvalue weighted by Gasteiger charge is -2.18. The maximum atomic E-state index is 12.8. The van der Waals surface area contributed by atoms with Gasteiger partial charge >= 0.3 is 11.9 Å². The Balaban J connectivity index is 4.26. The van der Waals surface area contributed by atoms with Crippen LogP contribution >= 0.6 is 0 Å². The van der Waals surface area contributed by atoms with E-state index in [2.05, 4.69) is 93.7 Å². The molecule has 0 amide bonds. The number of hydrogen-bond donors (Lipinski definition) is 0. The van der Waals surface area contributed by atoms with E-state index in [-0.39, 0.29) is 25.2 Å². The second-order valence-electron chi connectivity index (χ2n) is 17.4. The Morgan fingerprint density at radius 2 is 0.710 bits per heavy atom. The molecule has 0 saturated heterocycles. The smallest absolute Gasteiger partial charge is 0.306 e. The van der Waals surface area contributed by atoms with Crippen molar-refractivity contribution in [2.24, 2.45) is 0 Å². The first-order chi connectivity index (χ1) is 30.6. The Hall–Kier alpha value is -2.66. The van der Waals surface area contributed by atoms with Gasteiger partial charge in [0.25, 0.3) is 0 Å². The molecule has 0 N–H and O–H groups in total. The van der Waals surface area contributed by atoms with E-state index in [0.29, 0.717) is 19.4 Å². The van der Waals surface area contributed by atoms with Gasteiger partial charge in [-0.25, -0.2) is 0 Å². The van der Waals surface area contributed by atoms with E-state index in [9.17, 15) is 9.59 Å². The van der Waals surface area contributed by atoms with Crippen LogP contribution in [0.2, 0.25) is 0 Å². The zero-order chi connectivity index (χ0) is 44.9. The van der Waals surface area contributed by atoms with Crippen LogP contribution in [0.5, 0.6) is 0 Å². The zero-order valence-corrected chi connectivity index (χ0v) is 41.1. The van der Waals surface area contributed by atoms with Crippen molar-refractivity contribution >= 4 is 11.9 Å². The molecule has 358 valence electrons. The molecule has 5 nitrogen and oxygen atoms in total. The van der Waals surface area contributed by atoms with Crippen molar-refractivity contribution in [2.45, 2.75) is 258 Å². The molecule has 1 atom stereocenters. The third-order valence-electron chi connectivity index (χ3n) is 11.1. The van der Waals surface area contributed by atoms with Gasteiger partial charge in [-0.05, 0) is 103 Å². The summed E-state index contributed by atoms with van der Waals surface area (Å²) in [5, 5.41) is 0. The largest absolute Gasteiger partial charge is 0.462 e. The number of esters is 2. The SMILES string of the molecule is CCC/C=C\C/C=C\CCCCCCCC(=O)OCC(COCCCCCCCCCCCC/C=C\C/C=C\CCCCC)OC(=O)CCCCCCC/C=C\C/C=C\CCC. The number of carbonyl (C=O) groups is 2. The summed E-state index contributed by atoms with van der Waals surface area (Å²) in [6.07, 6.45) is 67.7. The van der Waals surface area contributed by atoms with Gasteiger partial charge in [0.2, 0.25) is 0 Å². The highest BCUT2D eigenvalue weighted by atomic mass is 16.6. The van der Waals surface area contributed by atoms with Crippen molar-refractivity contribution in [3.05, 3.63) is 72.9 Å². The van der Waals surface area contributed by atoms with E-state index in [1.807, 2.05) is 0 Å². The van der Waals surface area contributed by atoms with Gasteiger partial charge < -0.3 is 14.2 Å². The van der Waals surface area contributed by atoms with Crippen LogP contribution in [-0.2, 0) is 23.8 Å². The first-order valence-electron chi connectivity index (χ1n) is 26.5. The van der Waals surface area contributed by atoms with Crippen LogP contribution in [0.15, 0.2) is 72.9 Å². The van der Waals surface area contributed by atoms with Crippen LogP contribution < -0.4 is 0 Å². The summed E-state index contributed by atoms with van der Waals surface area (Å²) in [6, 6.07) is 0. The fraction of sp³-hybridized carbons (Fsp3) is 0.754. The van der Waals surface area contributed by atoms with Crippen LogP contribution in [0.1, 0.15) is 252 Å². The standard InChI is InChI=1S/C57H100O5/c1-4-7-10-13-16-19-22-25-26-27-28-29-30-31-34-37-40-43-46-49-52-60-53-55(62-57(59)51-48-45-42-39-36-33-24-21-18-15-12-9-6-3)54-61-56(58)50-47-44-41-38-35-32-23-20-17-14-11-8-5-2/h11-12,14-16,19-21,23-26,55H,4-10,13,17-18,22,27-54H2,1-3H3/b14-11-,15-12-,19-16-,23-20-,24-21-,26-25-. The molecule has 0 aromatic heterocycles. The fourth-order valence-electron chi connectivity index (χ4n) is 7.20. The minimum absolute atomic E-state index is 0.0695. The first kappa shape index (κ1) is 59.3. The maximum absolute atomic E-state index is 12.8. The Labute approximate surface area is 385 Å². The molecule has 0 radical (unpaired) electrons. The van der Waals surface area contributed by atoms with Crippen molar-refractivity contribution in [1.29, 1.82) is 0 Å². The van der Waals surface area contributed by atoms with Gasteiger partial charge in [0.05, 0.1) is 6.61 Å². The summed E-state index contributed by atoms with van der Waals surface area (Å²) in [7, 11) is 0. The predicted molar refractivity (Wildman–Crippen MR) is 270 cm³/mol. The number of carbonyl (C=O) groups excluding carboxylic acids is 2. The fourth-order valence-corrected chi connectivity index (χ4v) is 7.20. The Kier molecular flexibility index (Phi) is 50.4. The quantitative estimate of drug-likeness (QED) is 0.0346. The number of allylic oxidation sites excluding steroid dienone is 12. The highest BCUT2D eigenvalue weighted by molar-refractivity contribution is 5.70. The van der Waals surface area contributed by atoms with Crippen LogP contribution in [0.3, 0.4) is 0 Å². The van der Waals surface area contributed by atoms with Crippen molar-refractivity contribution in [3.63, 3.8) is 0 Å². The summed E-state index contributed by atoms with van der Waals surface area (Å²) < 4.78 is 17.4. The monoisotopic (exact) mass is 865 g/mol. The molecular weight excluding hydrogens is 765 g/mol. The molecule has 0 aliphatic rings.